The molecule has 3 N–H and O–H groups in total. The summed E-state index contributed by atoms with van der Waals surface area (Å²) in [4.78, 5) is 0. The van der Waals surface area contributed by atoms with E-state index >= 15 is 0 Å². The molecule has 17 heavy (non-hydrogen) atoms. The molecule has 0 bridgehead atoms. The van der Waals surface area contributed by atoms with E-state index in [9.17, 15) is 4.39 Å². The van der Waals surface area contributed by atoms with Crippen molar-refractivity contribution in [2.45, 2.75) is 6.92 Å². The lowest BCUT2D eigenvalue weighted by Crippen LogP contribution is -1.99. The first kappa shape index (κ1) is 11.7. The molecule has 2 aromatic carbocycles. The zero-order valence-corrected chi connectivity index (χ0v) is 10.1. The topological polar surface area (TPSA) is 38.0 Å². The number of aryl methyl sites for hydroxylation is 1. The lowest BCUT2D eigenvalue weighted by Gasteiger charge is -2.12. The van der Waals surface area contributed by atoms with E-state index in [1.807, 2.05) is 13.0 Å². The van der Waals surface area contributed by atoms with Gasteiger partial charge in [0, 0.05) is 0 Å². The first-order chi connectivity index (χ1) is 8.08. The predicted octanol–water partition coefficient (Wildman–Crippen LogP) is 4.11. The van der Waals surface area contributed by atoms with Crippen LogP contribution in [-0.2, 0) is 0 Å². The molecular weight excluding hydrogens is 239 g/mol. The van der Waals surface area contributed by atoms with Crippen LogP contribution in [0.25, 0.3) is 0 Å². The van der Waals surface area contributed by atoms with Gasteiger partial charge in [0.05, 0.1) is 22.1 Å². The SMILES string of the molecule is Cc1ccc(Nc2c(N)cccc2Cl)c(F)c1. The Bertz CT molecular complexity index is 535. The molecular formula is C13H12ClFN2. The summed E-state index contributed by atoms with van der Waals surface area (Å²) in [6.45, 7) is 1.83. The van der Waals surface area contributed by atoms with Crippen LogP contribution in [0, 0.1) is 12.7 Å². The van der Waals surface area contributed by atoms with Crippen LogP contribution in [-0.4, -0.2) is 0 Å². The third-order valence-corrected chi connectivity index (χ3v) is 2.75. The number of halogens is 2. The van der Waals surface area contributed by atoms with Crippen LogP contribution in [0.2, 0.25) is 5.02 Å². The van der Waals surface area contributed by atoms with Gasteiger partial charge in [-0.1, -0.05) is 23.7 Å². The molecule has 0 unspecified atom stereocenters. The summed E-state index contributed by atoms with van der Waals surface area (Å²) < 4.78 is 13.7. The van der Waals surface area contributed by atoms with Crippen molar-refractivity contribution in [1.82, 2.24) is 0 Å². The monoisotopic (exact) mass is 250 g/mol. The maximum atomic E-state index is 13.7. The summed E-state index contributed by atoms with van der Waals surface area (Å²) >= 11 is 6.00. The molecule has 2 aromatic rings. The molecule has 0 radical (unpaired) electrons. The van der Waals surface area contributed by atoms with Gasteiger partial charge >= 0.3 is 0 Å². The molecule has 4 heteroatoms. The minimum Gasteiger partial charge on any atom is -0.397 e. The van der Waals surface area contributed by atoms with Crippen LogP contribution in [0.15, 0.2) is 36.4 Å². The highest BCUT2D eigenvalue weighted by Crippen LogP contribution is 2.31. The second-order valence-electron chi connectivity index (χ2n) is 3.81. The van der Waals surface area contributed by atoms with E-state index in [-0.39, 0.29) is 5.82 Å². The molecule has 2 nitrogen and oxygen atoms in total. The van der Waals surface area contributed by atoms with Gasteiger partial charge < -0.3 is 11.1 Å². The number of anilines is 3. The summed E-state index contributed by atoms with van der Waals surface area (Å²) in [5, 5.41) is 3.37. The zero-order chi connectivity index (χ0) is 12.4. The average Bonchev–Trinajstić information content (AvgIpc) is 2.26. The summed E-state index contributed by atoms with van der Waals surface area (Å²) in [6.07, 6.45) is 0. The Morgan fingerprint density at radius 3 is 2.65 bits per heavy atom. The highest BCUT2D eigenvalue weighted by molar-refractivity contribution is 6.34. The van der Waals surface area contributed by atoms with Crippen LogP contribution >= 0.6 is 11.6 Å². The quantitative estimate of drug-likeness (QED) is 0.787. The van der Waals surface area contributed by atoms with Crippen LogP contribution in [0.4, 0.5) is 21.5 Å². The third-order valence-electron chi connectivity index (χ3n) is 2.43. The van der Waals surface area contributed by atoms with Crippen molar-refractivity contribution >= 4 is 28.7 Å². The molecule has 0 amide bonds. The van der Waals surface area contributed by atoms with Crippen molar-refractivity contribution in [3.63, 3.8) is 0 Å². The van der Waals surface area contributed by atoms with E-state index < -0.39 is 0 Å². The highest BCUT2D eigenvalue weighted by atomic mass is 35.5. The largest absolute Gasteiger partial charge is 0.397 e. The number of nitrogens with one attached hydrogen (secondary N) is 1. The molecule has 0 spiro atoms. The minimum absolute atomic E-state index is 0.329. The maximum absolute atomic E-state index is 13.7. The van der Waals surface area contributed by atoms with Gasteiger partial charge in [0.25, 0.3) is 0 Å². The van der Waals surface area contributed by atoms with E-state index in [1.54, 1.807) is 24.3 Å². The Morgan fingerprint density at radius 1 is 1.24 bits per heavy atom. The van der Waals surface area contributed by atoms with Crippen molar-refractivity contribution < 1.29 is 4.39 Å². The lowest BCUT2D eigenvalue weighted by molar-refractivity contribution is 0.631. The van der Waals surface area contributed by atoms with E-state index in [2.05, 4.69) is 5.32 Å². The van der Waals surface area contributed by atoms with Gasteiger partial charge in [0.2, 0.25) is 0 Å². The number of benzene rings is 2. The number of nitrogens with two attached hydrogens (primary N) is 1. The fourth-order valence-corrected chi connectivity index (χ4v) is 1.76. The molecule has 0 aliphatic heterocycles. The van der Waals surface area contributed by atoms with Crippen LogP contribution in [0.3, 0.4) is 0 Å². The summed E-state index contributed by atoms with van der Waals surface area (Å²) in [5.41, 5.74) is 8.01. The van der Waals surface area contributed by atoms with Gasteiger partial charge in [0.1, 0.15) is 5.82 Å². The van der Waals surface area contributed by atoms with Gasteiger partial charge in [-0.15, -0.1) is 0 Å². The Balaban J connectivity index is 2.38. The fourth-order valence-electron chi connectivity index (χ4n) is 1.53. The molecule has 0 saturated heterocycles. The molecule has 0 atom stereocenters. The van der Waals surface area contributed by atoms with Crippen molar-refractivity contribution in [3.05, 3.63) is 52.8 Å². The summed E-state index contributed by atoms with van der Waals surface area (Å²) in [5.74, 6) is -0.329. The second kappa shape index (κ2) is 4.63. The highest BCUT2D eigenvalue weighted by Gasteiger charge is 2.07. The van der Waals surface area contributed by atoms with Crippen LogP contribution < -0.4 is 11.1 Å². The van der Waals surface area contributed by atoms with E-state index in [0.717, 1.165) is 5.56 Å². The predicted molar refractivity (Wildman–Crippen MR) is 70.3 cm³/mol. The van der Waals surface area contributed by atoms with Gasteiger partial charge in [-0.25, -0.2) is 4.39 Å². The number of nitrogen functional groups attached to an aromatic ring is 1. The average molecular weight is 251 g/mol. The lowest BCUT2D eigenvalue weighted by atomic mass is 10.2. The number of rotatable bonds is 2. The Hall–Kier alpha value is -1.74. The van der Waals surface area contributed by atoms with Crippen LogP contribution in [0.1, 0.15) is 5.56 Å². The molecule has 0 aliphatic carbocycles. The normalized spacial score (nSPS) is 10.3. The van der Waals surface area contributed by atoms with Gasteiger partial charge in [0.15, 0.2) is 0 Å². The van der Waals surface area contributed by atoms with E-state index in [1.165, 1.54) is 6.07 Å². The number of hydrogen-bond acceptors (Lipinski definition) is 2. The smallest absolute Gasteiger partial charge is 0.146 e. The van der Waals surface area contributed by atoms with Crippen molar-refractivity contribution in [2.75, 3.05) is 11.1 Å². The number of hydrogen-bond donors (Lipinski definition) is 2. The summed E-state index contributed by atoms with van der Waals surface area (Å²) in [6, 6.07) is 10.1. The van der Waals surface area contributed by atoms with Crippen molar-refractivity contribution in [2.24, 2.45) is 0 Å². The number of para-hydroxylation sites is 1. The molecule has 0 aromatic heterocycles. The Morgan fingerprint density at radius 2 is 2.00 bits per heavy atom. The van der Waals surface area contributed by atoms with Gasteiger partial charge in [-0.3, -0.25) is 0 Å². The third kappa shape index (κ3) is 2.50. The zero-order valence-electron chi connectivity index (χ0n) is 9.30. The Kier molecular flexibility index (Phi) is 3.20. The van der Waals surface area contributed by atoms with Crippen molar-refractivity contribution in [3.8, 4) is 0 Å². The van der Waals surface area contributed by atoms with Gasteiger partial charge in [-0.2, -0.15) is 0 Å². The second-order valence-corrected chi connectivity index (χ2v) is 4.22. The standard InChI is InChI=1S/C13H12ClFN2/c1-8-5-6-12(10(15)7-8)17-13-9(14)3-2-4-11(13)16/h2-7,17H,16H2,1H3. The fraction of sp³-hybridized carbons (Fsp3) is 0.0769. The minimum atomic E-state index is -0.329. The van der Waals surface area contributed by atoms with Crippen LogP contribution in [0.5, 0.6) is 0 Å². The molecule has 88 valence electrons. The first-order valence-corrected chi connectivity index (χ1v) is 5.53. The first-order valence-electron chi connectivity index (χ1n) is 5.15. The maximum Gasteiger partial charge on any atom is 0.146 e. The molecule has 0 heterocycles. The molecule has 2 rings (SSSR count). The summed E-state index contributed by atoms with van der Waals surface area (Å²) in [7, 11) is 0. The Labute approximate surface area is 104 Å². The molecule has 0 aliphatic rings. The van der Waals surface area contributed by atoms with E-state index in [4.69, 9.17) is 17.3 Å². The van der Waals surface area contributed by atoms with Crippen molar-refractivity contribution in [1.29, 1.82) is 0 Å². The van der Waals surface area contributed by atoms with Gasteiger partial charge in [-0.05, 0) is 36.8 Å². The molecule has 0 fully saturated rings. The van der Waals surface area contributed by atoms with E-state index in [0.29, 0.717) is 22.1 Å². The molecule has 0 saturated carbocycles.